The molecule has 0 radical (unpaired) electrons. The molecule has 2 unspecified atom stereocenters. The molecule has 4 heteroatoms. The number of carbonyl (C=O) groups excluding carboxylic acids is 2. The second-order valence-electron chi connectivity index (χ2n) is 4.84. The predicted octanol–water partition coefficient (Wildman–Crippen LogP) is 2.64. The Bertz CT molecular complexity index is 467. The third kappa shape index (κ3) is 3.20. The van der Waals surface area contributed by atoms with E-state index in [2.05, 4.69) is 5.32 Å². The second-order valence-corrected chi connectivity index (χ2v) is 4.84. The summed E-state index contributed by atoms with van der Waals surface area (Å²) in [6, 6.07) is 7.04. The van der Waals surface area contributed by atoms with Crippen molar-refractivity contribution in [2.75, 3.05) is 11.9 Å². The van der Waals surface area contributed by atoms with E-state index < -0.39 is 0 Å². The highest BCUT2D eigenvalue weighted by Crippen LogP contribution is 2.27. The summed E-state index contributed by atoms with van der Waals surface area (Å²) in [7, 11) is 0. The molecule has 0 aliphatic carbocycles. The van der Waals surface area contributed by atoms with Crippen LogP contribution in [0.15, 0.2) is 24.3 Å². The molecule has 0 spiro atoms. The smallest absolute Gasteiger partial charge is 0.221 e. The zero-order chi connectivity index (χ0) is 13.8. The summed E-state index contributed by atoms with van der Waals surface area (Å²) in [6.07, 6.45) is 1.70. The van der Waals surface area contributed by atoms with Crippen LogP contribution in [0.1, 0.15) is 37.0 Å². The Balaban J connectivity index is 2.09. The zero-order valence-electron chi connectivity index (χ0n) is 11.3. The number of amides is 1. The van der Waals surface area contributed by atoms with Gasteiger partial charge in [-0.2, -0.15) is 0 Å². The number of rotatable bonds is 4. The molecule has 4 nitrogen and oxygen atoms in total. The van der Waals surface area contributed by atoms with Crippen LogP contribution in [-0.4, -0.2) is 24.4 Å². The average molecular weight is 261 g/mol. The van der Waals surface area contributed by atoms with Gasteiger partial charge in [-0.3, -0.25) is 9.59 Å². The maximum Gasteiger partial charge on any atom is 0.221 e. The van der Waals surface area contributed by atoms with Gasteiger partial charge in [0.2, 0.25) is 5.91 Å². The van der Waals surface area contributed by atoms with Gasteiger partial charge >= 0.3 is 0 Å². The zero-order valence-corrected chi connectivity index (χ0v) is 11.3. The van der Waals surface area contributed by atoms with E-state index in [1.807, 2.05) is 6.92 Å². The first-order chi connectivity index (χ1) is 9.11. The molecule has 1 aromatic carbocycles. The SMILES string of the molecule is CCC1OCCC1C(=O)c1ccc(NC(C)=O)cc1. The Kier molecular flexibility index (Phi) is 4.32. The minimum Gasteiger partial charge on any atom is -0.377 e. The molecule has 1 aromatic rings. The van der Waals surface area contributed by atoms with Crippen LogP contribution in [-0.2, 0) is 9.53 Å². The van der Waals surface area contributed by atoms with Gasteiger partial charge in [0.25, 0.3) is 0 Å². The quantitative estimate of drug-likeness (QED) is 0.848. The molecule has 19 heavy (non-hydrogen) atoms. The number of ether oxygens (including phenoxy) is 1. The highest BCUT2D eigenvalue weighted by molar-refractivity contribution is 5.99. The van der Waals surface area contributed by atoms with Crippen molar-refractivity contribution in [3.05, 3.63) is 29.8 Å². The number of carbonyl (C=O) groups is 2. The molecule has 2 atom stereocenters. The van der Waals surface area contributed by atoms with Gasteiger partial charge < -0.3 is 10.1 Å². The fourth-order valence-corrected chi connectivity index (χ4v) is 2.49. The first kappa shape index (κ1) is 13.7. The first-order valence-corrected chi connectivity index (χ1v) is 6.65. The topological polar surface area (TPSA) is 55.4 Å². The minimum absolute atomic E-state index is 0.0309. The molecule has 1 amide bonds. The summed E-state index contributed by atoms with van der Waals surface area (Å²) >= 11 is 0. The van der Waals surface area contributed by atoms with E-state index in [9.17, 15) is 9.59 Å². The third-order valence-electron chi connectivity index (χ3n) is 3.44. The summed E-state index contributed by atoms with van der Waals surface area (Å²) in [6.45, 7) is 4.16. The molecule has 0 aromatic heterocycles. The molecule has 1 heterocycles. The van der Waals surface area contributed by atoms with Crippen LogP contribution in [0.5, 0.6) is 0 Å². The van der Waals surface area contributed by atoms with Crippen LogP contribution in [0.3, 0.4) is 0 Å². The van der Waals surface area contributed by atoms with Gasteiger partial charge in [0.05, 0.1) is 12.0 Å². The van der Waals surface area contributed by atoms with Gasteiger partial charge in [-0.1, -0.05) is 6.92 Å². The second kappa shape index (κ2) is 5.97. The van der Waals surface area contributed by atoms with Gasteiger partial charge in [-0.15, -0.1) is 0 Å². The predicted molar refractivity (Wildman–Crippen MR) is 73.2 cm³/mol. The van der Waals surface area contributed by atoms with Gasteiger partial charge in [0.15, 0.2) is 5.78 Å². The van der Waals surface area contributed by atoms with E-state index in [0.29, 0.717) is 17.9 Å². The van der Waals surface area contributed by atoms with Crippen LogP contribution in [0.25, 0.3) is 0 Å². The van der Waals surface area contributed by atoms with E-state index >= 15 is 0 Å². The molecular weight excluding hydrogens is 242 g/mol. The van der Waals surface area contributed by atoms with Crippen molar-refractivity contribution in [1.29, 1.82) is 0 Å². The maximum atomic E-state index is 12.4. The Morgan fingerprint density at radius 2 is 2.00 bits per heavy atom. The van der Waals surface area contributed by atoms with Crippen molar-refractivity contribution in [3.8, 4) is 0 Å². The molecule has 1 saturated heterocycles. The van der Waals surface area contributed by atoms with E-state index in [1.54, 1.807) is 24.3 Å². The maximum absolute atomic E-state index is 12.4. The van der Waals surface area contributed by atoms with E-state index in [-0.39, 0.29) is 23.7 Å². The normalized spacial score (nSPS) is 22.2. The lowest BCUT2D eigenvalue weighted by Gasteiger charge is -2.15. The van der Waals surface area contributed by atoms with Crippen molar-refractivity contribution in [2.45, 2.75) is 32.8 Å². The Morgan fingerprint density at radius 3 is 2.58 bits per heavy atom. The largest absolute Gasteiger partial charge is 0.377 e. The molecule has 0 saturated carbocycles. The lowest BCUT2D eigenvalue weighted by atomic mass is 9.90. The molecule has 2 rings (SSSR count). The standard InChI is InChI=1S/C15H19NO3/c1-3-14-13(8-9-19-14)15(18)11-4-6-12(7-5-11)16-10(2)17/h4-7,13-14H,3,8-9H2,1-2H3,(H,16,17). The molecule has 102 valence electrons. The highest BCUT2D eigenvalue weighted by atomic mass is 16.5. The third-order valence-corrected chi connectivity index (χ3v) is 3.44. The average Bonchev–Trinajstić information content (AvgIpc) is 2.86. The van der Waals surface area contributed by atoms with Crippen LogP contribution in [0.2, 0.25) is 0 Å². The summed E-state index contributed by atoms with van der Waals surface area (Å²) in [5.41, 5.74) is 1.39. The number of hydrogen-bond acceptors (Lipinski definition) is 3. The lowest BCUT2D eigenvalue weighted by molar-refractivity contribution is -0.114. The van der Waals surface area contributed by atoms with E-state index in [4.69, 9.17) is 4.74 Å². The van der Waals surface area contributed by atoms with Gasteiger partial charge in [-0.25, -0.2) is 0 Å². The number of benzene rings is 1. The summed E-state index contributed by atoms with van der Waals surface area (Å²) < 4.78 is 5.56. The Hall–Kier alpha value is -1.68. The van der Waals surface area contributed by atoms with Crippen LogP contribution in [0.4, 0.5) is 5.69 Å². The Morgan fingerprint density at radius 1 is 1.32 bits per heavy atom. The molecule has 1 aliphatic heterocycles. The van der Waals surface area contributed by atoms with E-state index in [1.165, 1.54) is 6.92 Å². The number of anilines is 1. The molecule has 0 bridgehead atoms. The van der Waals surface area contributed by atoms with Crippen LogP contribution < -0.4 is 5.32 Å². The van der Waals surface area contributed by atoms with Crippen molar-refractivity contribution in [2.24, 2.45) is 5.92 Å². The van der Waals surface area contributed by atoms with Gasteiger partial charge in [0, 0.05) is 24.8 Å². The molecule has 1 fully saturated rings. The van der Waals surface area contributed by atoms with Crippen molar-refractivity contribution in [1.82, 2.24) is 0 Å². The Labute approximate surface area is 113 Å². The van der Waals surface area contributed by atoms with Crippen LogP contribution in [0, 0.1) is 5.92 Å². The number of nitrogens with one attached hydrogen (secondary N) is 1. The number of Topliss-reactive ketones (excluding diaryl/α,β-unsaturated/α-hetero) is 1. The van der Waals surface area contributed by atoms with Crippen LogP contribution >= 0.6 is 0 Å². The van der Waals surface area contributed by atoms with Gasteiger partial charge in [0.1, 0.15) is 0 Å². The highest BCUT2D eigenvalue weighted by Gasteiger charge is 2.33. The number of ketones is 1. The summed E-state index contributed by atoms with van der Waals surface area (Å²) in [5, 5.41) is 2.69. The monoisotopic (exact) mass is 261 g/mol. The molecule has 1 N–H and O–H groups in total. The van der Waals surface area contributed by atoms with Crippen molar-refractivity contribution >= 4 is 17.4 Å². The van der Waals surface area contributed by atoms with E-state index in [0.717, 1.165) is 12.8 Å². The number of hydrogen-bond donors (Lipinski definition) is 1. The minimum atomic E-state index is -0.116. The van der Waals surface area contributed by atoms with Crippen molar-refractivity contribution < 1.29 is 14.3 Å². The molecular formula is C15H19NO3. The first-order valence-electron chi connectivity index (χ1n) is 6.65. The fraction of sp³-hybridized carbons (Fsp3) is 0.467. The van der Waals surface area contributed by atoms with Crippen molar-refractivity contribution in [3.63, 3.8) is 0 Å². The fourth-order valence-electron chi connectivity index (χ4n) is 2.49. The summed E-state index contributed by atoms with van der Waals surface area (Å²) in [5.74, 6) is -0.00958. The molecule has 1 aliphatic rings. The lowest BCUT2D eigenvalue weighted by Crippen LogP contribution is -2.23. The van der Waals surface area contributed by atoms with Gasteiger partial charge in [-0.05, 0) is 37.1 Å². The summed E-state index contributed by atoms with van der Waals surface area (Å²) in [4.78, 5) is 23.3.